The Kier molecular flexibility index (Phi) is 3.21. The monoisotopic (exact) mass is 275 g/mol. The fraction of sp³-hybridized carbons (Fsp3) is 0.600. The largest absolute Gasteiger partial charge is 0.369 e. The molecule has 1 N–H and O–H groups in total. The summed E-state index contributed by atoms with van der Waals surface area (Å²) in [5, 5.41) is 4.67. The van der Waals surface area contributed by atoms with Gasteiger partial charge in [0.1, 0.15) is 16.5 Å². The molecular weight excluding hydrogens is 254 g/mol. The molecule has 1 aliphatic rings. The molecule has 0 amide bonds. The maximum atomic E-state index is 4.81. The van der Waals surface area contributed by atoms with Crippen LogP contribution in [0.1, 0.15) is 50.7 Å². The lowest BCUT2D eigenvalue weighted by atomic mass is 10.1. The first-order valence-corrected chi connectivity index (χ1v) is 8.02. The highest BCUT2D eigenvalue weighted by Gasteiger charge is 2.42. The number of rotatable bonds is 5. The van der Waals surface area contributed by atoms with Crippen LogP contribution in [-0.4, -0.2) is 16.5 Å². The lowest BCUT2D eigenvalue weighted by molar-refractivity contribution is 0.716. The Hall–Kier alpha value is -1.16. The van der Waals surface area contributed by atoms with Gasteiger partial charge in [-0.2, -0.15) is 0 Å². The summed E-state index contributed by atoms with van der Waals surface area (Å²) in [6.45, 7) is 7.62. The molecular formula is C15H21N3S. The van der Waals surface area contributed by atoms with Gasteiger partial charge >= 0.3 is 0 Å². The summed E-state index contributed by atoms with van der Waals surface area (Å²) in [6.07, 6.45) is 4.62. The Bertz CT molecular complexity index is 599. The van der Waals surface area contributed by atoms with E-state index < -0.39 is 0 Å². The van der Waals surface area contributed by atoms with Gasteiger partial charge < -0.3 is 5.32 Å². The summed E-state index contributed by atoms with van der Waals surface area (Å²) < 4.78 is 0. The van der Waals surface area contributed by atoms with Gasteiger partial charge in [0.15, 0.2) is 0 Å². The molecule has 19 heavy (non-hydrogen) atoms. The van der Waals surface area contributed by atoms with E-state index in [4.69, 9.17) is 9.97 Å². The molecule has 1 saturated carbocycles. The number of nitrogens with zero attached hydrogens (tertiary/aromatic N) is 2. The normalized spacial score (nSPS) is 16.8. The molecule has 1 fully saturated rings. The second-order valence-electron chi connectivity index (χ2n) is 5.67. The summed E-state index contributed by atoms with van der Waals surface area (Å²) >= 11 is 1.81. The fourth-order valence-electron chi connectivity index (χ4n) is 2.20. The molecule has 4 heteroatoms. The van der Waals surface area contributed by atoms with E-state index in [1.807, 2.05) is 11.3 Å². The van der Waals surface area contributed by atoms with Crippen molar-refractivity contribution in [3.63, 3.8) is 0 Å². The van der Waals surface area contributed by atoms with E-state index >= 15 is 0 Å². The Morgan fingerprint density at radius 3 is 2.74 bits per heavy atom. The maximum Gasteiger partial charge on any atom is 0.138 e. The topological polar surface area (TPSA) is 37.8 Å². The summed E-state index contributed by atoms with van der Waals surface area (Å²) in [6, 6.07) is 2.25. The zero-order valence-corrected chi connectivity index (χ0v) is 12.7. The van der Waals surface area contributed by atoms with Crippen molar-refractivity contribution < 1.29 is 0 Å². The zero-order valence-electron chi connectivity index (χ0n) is 11.9. The van der Waals surface area contributed by atoms with Crippen molar-refractivity contribution in [3.8, 4) is 0 Å². The van der Waals surface area contributed by atoms with Crippen LogP contribution in [0.3, 0.4) is 0 Å². The minimum Gasteiger partial charge on any atom is -0.369 e. The molecule has 2 aromatic heterocycles. The summed E-state index contributed by atoms with van der Waals surface area (Å²) in [4.78, 5) is 12.2. The summed E-state index contributed by atoms with van der Waals surface area (Å²) in [5.74, 6) is 2.06. The number of nitrogens with one attached hydrogen (secondary N) is 1. The fourth-order valence-corrected chi connectivity index (χ4v) is 3.17. The third kappa shape index (κ3) is 2.34. The van der Waals surface area contributed by atoms with Gasteiger partial charge in [0.2, 0.25) is 0 Å². The van der Waals surface area contributed by atoms with Crippen LogP contribution in [0.25, 0.3) is 10.2 Å². The molecule has 2 aromatic rings. The van der Waals surface area contributed by atoms with Gasteiger partial charge in [0.05, 0.1) is 5.39 Å². The van der Waals surface area contributed by atoms with E-state index in [-0.39, 0.29) is 5.41 Å². The summed E-state index contributed by atoms with van der Waals surface area (Å²) in [5.41, 5.74) is 0.229. The molecule has 2 heterocycles. The smallest absolute Gasteiger partial charge is 0.138 e. The lowest BCUT2D eigenvalue weighted by Gasteiger charge is -2.11. The number of hydrogen-bond donors (Lipinski definition) is 1. The van der Waals surface area contributed by atoms with E-state index in [1.165, 1.54) is 23.1 Å². The maximum absolute atomic E-state index is 4.81. The molecule has 0 spiro atoms. The third-order valence-electron chi connectivity index (χ3n) is 3.87. The third-order valence-corrected chi connectivity index (χ3v) is 5.05. The number of aryl methyl sites for hydroxylation is 1. The first kappa shape index (κ1) is 12.9. The molecule has 0 atom stereocenters. The van der Waals surface area contributed by atoms with Crippen molar-refractivity contribution in [2.24, 2.45) is 0 Å². The van der Waals surface area contributed by atoms with Crippen LogP contribution < -0.4 is 5.32 Å². The van der Waals surface area contributed by atoms with Crippen molar-refractivity contribution in [2.45, 2.75) is 51.9 Å². The predicted molar refractivity (Wildman–Crippen MR) is 82.2 cm³/mol. The molecule has 0 bridgehead atoms. The van der Waals surface area contributed by atoms with E-state index in [0.29, 0.717) is 0 Å². The second kappa shape index (κ2) is 4.75. The highest BCUT2D eigenvalue weighted by molar-refractivity contribution is 7.18. The Morgan fingerprint density at radius 2 is 2.11 bits per heavy atom. The Labute approximate surface area is 118 Å². The SMILES string of the molecule is CCCNc1nc(C2(C)CC2)nc2sc(CC)cc12. The molecule has 1 aliphatic carbocycles. The quantitative estimate of drug-likeness (QED) is 0.891. The van der Waals surface area contributed by atoms with Gasteiger partial charge in [-0.1, -0.05) is 20.8 Å². The number of hydrogen-bond acceptors (Lipinski definition) is 4. The summed E-state index contributed by atoms with van der Waals surface area (Å²) in [7, 11) is 0. The van der Waals surface area contributed by atoms with Crippen molar-refractivity contribution in [2.75, 3.05) is 11.9 Å². The van der Waals surface area contributed by atoms with Crippen molar-refractivity contribution in [3.05, 3.63) is 16.8 Å². The highest BCUT2D eigenvalue weighted by atomic mass is 32.1. The number of thiophene rings is 1. The van der Waals surface area contributed by atoms with Crippen LogP contribution in [0, 0.1) is 0 Å². The minimum atomic E-state index is 0.229. The first-order chi connectivity index (χ1) is 9.16. The predicted octanol–water partition coefficient (Wildman–Crippen LogP) is 4.13. The molecule has 0 radical (unpaired) electrons. The van der Waals surface area contributed by atoms with Crippen LogP contribution in [0.15, 0.2) is 6.07 Å². The molecule has 0 saturated heterocycles. The van der Waals surface area contributed by atoms with Crippen LogP contribution in [0.5, 0.6) is 0 Å². The van der Waals surface area contributed by atoms with Gasteiger partial charge in [-0.05, 0) is 31.7 Å². The first-order valence-electron chi connectivity index (χ1n) is 7.21. The molecule has 0 aliphatic heterocycles. The van der Waals surface area contributed by atoms with Gasteiger partial charge in [0, 0.05) is 16.8 Å². The highest BCUT2D eigenvalue weighted by Crippen LogP contribution is 2.47. The Balaban J connectivity index is 2.09. The molecule has 0 aromatic carbocycles. The van der Waals surface area contributed by atoms with Gasteiger partial charge in [-0.3, -0.25) is 0 Å². The zero-order chi connectivity index (χ0) is 13.5. The second-order valence-corrected chi connectivity index (χ2v) is 6.78. The van der Waals surface area contributed by atoms with Crippen LogP contribution in [0.2, 0.25) is 0 Å². The molecule has 102 valence electrons. The number of anilines is 1. The van der Waals surface area contributed by atoms with E-state index in [9.17, 15) is 0 Å². The number of fused-ring (bicyclic) bond motifs is 1. The molecule has 0 unspecified atom stereocenters. The average molecular weight is 275 g/mol. The number of aromatic nitrogens is 2. The van der Waals surface area contributed by atoms with E-state index in [1.54, 1.807) is 0 Å². The molecule has 3 rings (SSSR count). The van der Waals surface area contributed by atoms with Gasteiger partial charge in [-0.15, -0.1) is 11.3 Å². The standard InChI is InChI=1S/C15H21N3S/c1-4-8-16-12-11-9-10(5-2)19-13(11)18-14(17-12)15(3)6-7-15/h9H,4-8H2,1-3H3,(H,16,17,18). The van der Waals surface area contributed by atoms with Gasteiger partial charge in [0.25, 0.3) is 0 Å². The van der Waals surface area contributed by atoms with Crippen LogP contribution in [0.4, 0.5) is 5.82 Å². The van der Waals surface area contributed by atoms with Crippen molar-refractivity contribution >= 4 is 27.4 Å². The van der Waals surface area contributed by atoms with E-state index in [2.05, 4.69) is 32.2 Å². The lowest BCUT2D eigenvalue weighted by Crippen LogP contribution is -2.10. The van der Waals surface area contributed by atoms with Crippen molar-refractivity contribution in [1.82, 2.24) is 9.97 Å². The Morgan fingerprint density at radius 1 is 1.32 bits per heavy atom. The van der Waals surface area contributed by atoms with Crippen LogP contribution in [-0.2, 0) is 11.8 Å². The van der Waals surface area contributed by atoms with E-state index in [0.717, 1.165) is 35.9 Å². The minimum absolute atomic E-state index is 0.229. The average Bonchev–Trinajstić information content (AvgIpc) is 3.03. The van der Waals surface area contributed by atoms with Gasteiger partial charge in [-0.25, -0.2) is 9.97 Å². The molecule has 3 nitrogen and oxygen atoms in total. The van der Waals surface area contributed by atoms with Crippen LogP contribution >= 0.6 is 11.3 Å². The van der Waals surface area contributed by atoms with Crippen molar-refractivity contribution in [1.29, 1.82) is 0 Å².